The largest absolute Gasteiger partial charge is 0.494 e. The van der Waals surface area contributed by atoms with Crippen LogP contribution in [0.4, 0.5) is 0 Å². The molecule has 0 saturated carbocycles. The zero-order valence-corrected chi connectivity index (χ0v) is 19.7. The first-order valence-corrected chi connectivity index (χ1v) is 12.0. The lowest BCUT2D eigenvalue weighted by atomic mass is 9.80. The molecule has 1 aromatic heterocycles. The predicted octanol–water partition coefficient (Wildman–Crippen LogP) is 5.95. The van der Waals surface area contributed by atoms with Crippen LogP contribution in [0.25, 0.3) is 10.9 Å². The lowest BCUT2D eigenvalue weighted by Gasteiger charge is -2.26. The monoisotopic (exact) mass is 465 g/mol. The van der Waals surface area contributed by atoms with Gasteiger partial charge in [-0.15, -0.1) is 0 Å². The minimum atomic E-state index is -0.479. The van der Waals surface area contributed by atoms with Gasteiger partial charge in [0, 0.05) is 16.6 Å². The lowest BCUT2D eigenvalue weighted by Crippen LogP contribution is -2.21. The molecule has 5 heteroatoms. The second kappa shape index (κ2) is 10.1. The minimum Gasteiger partial charge on any atom is -0.494 e. The minimum absolute atomic E-state index is 0.254. The normalized spacial score (nSPS) is 14.8. The van der Waals surface area contributed by atoms with E-state index in [1.54, 1.807) is 24.3 Å². The Balaban J connectivity index is 1.42. The fraction of sp³-hybridized carbons (Fsp3) is 0.233. The molecule has 0 saturated heterocycles. The molecule has 0 unspecified atom stereocenters. The first kappa shape index (κ1) is 22.8. The number of carbonyl (C=O) groups excluding carboxylic acids is 2. The number of ketones is 1. The Morgan fingerprint density at radius 2 is 1.69 bits per heavy atom. The number of Topliss-reactive ketones (excluding diaryl/α,β-unsaturated/α-hetero) is 1. The van der Waals surface area contributed by atoms with Gasteiger partial charge < -0.3 is 9.47 Å². The Hall–Kier alpha value is -3.99. The number of pyridine rings is 1. The number of benzene rings is 3. The molecule has 1 aliphatic rings. The van der Waals surface area contributed by atoms with Crippen LogP contribution in [0.1, 0.15) is 56.8 Å². The average Bonchev–Trinajstić information content (AvgIpc) is 2.91. The number of carbonyl (C=O) groups is 2. The zero-order valence-electron chi connectivity index (χ0n) is 19.7. The van der Waals surface area contributed by atoms with E-state index in [2.05, 4.69) is 12.1 Å². The summed E-state index contributed by atoms with van der Waals surface area (Å²) in [6.07, 6.45) is 2.49. The first-order chi connectivity index (χ1) is 17.1. The van der Waals surface area contributed by atoms with Gasteiger partial charge in [0.15, 0.2) is 12.4 Å². The summed E-state index contributed by atoms with van der Waals surface area (Å²) in [6.45, 7) is 2.14. The van der Waals surface area contributed by atoms with Gasteiger partial charge in [0.1, 0.15) is 5.75 Å². The van der Waals surface area contributed by atoms with Gasteiger partial charge in [-0.05, 0) is 73.6 Å². The van der Waals surface area contributed by atoms with Crippen LogP contribution in [0, 0.1) is 0 Å². The summed E-state index contributed by atoms with van der Waals surface area (Å²) in [4.78, 5) is 31.0. The SMILES string of the molecule is CCOc1ccc(C(=O)COC(=O)c2c3c(nc4ccccc24)CC[C@H](c2ccccc2)C3)cc1. The van der Waals surface area contributed by atoms with Crippen LogP contribution in [-0.4, -0.2) is 30.0 Å². The molecule has 0 radical (unpaired) electrons. The van der Waals surface area contributed by atoms with Gasteiger partial charge in [-0.1, -0.05) is 48.5 Å². The quantitative estimate of drug-likeness (QED) is 0.249. The predicted molar refractivity (Wildman–Crippen MR) is 135 cm³/mol. The molecule has 5 nitrogen and oxygen atoms in total. The van der Waals surface area contributed by atoms with Crippen LogP contribution in [0.5, 0.6) is 5.75 Å². The molecule has 0 fully saturated rings. The van der Waals surface area contributed by atoms with E-state index in [-0.39, 0.29) is 12.4 Å². The summed E-state index contributed by atoms with van der Waals surface area (Å²) < 4.78 is 11.0. The van der Waals surface area contributed by atoms with Gasteiger partial charge in [-0.3, -0.25) is 9.78 Å². The Morgan fingerprint density at radius 1 is 0.943 bits per heavy atom. The van der Waals surface area contributed by atoms with Crippen molar-refractivity contribution in [3.05, 3.63) is 107 Å². The third-order valence-electron chi connectivity index (χ3n) is 6.56. The van der Waals surface area contributed by atoms with E-state index in [9.17, 15) is 9.59 Å². The molecule has 0 bridgehead atoms. The molecule has 35 heavy (non-hydrogen) atoms. The first-order valence-electron chi connectivity index (χ1n) is 12.0. The number of esters is 1. The number of hydrogen-bond donors (Lipinski definition) is 0. The average molecular weight is 466 g/mol. The van der Waals surface area contributed by atoms with Gasteiger partial charge >= 0.3 is 5.97 Å². The Labute approximate surface area is 204 Å². The van der Waals surface area contributed by atoms with E-state index >= 15 is 0 Å². The van der Waals surface area contributed by atoms with Crippen LogP contribution in [0.3, 0.4) is 0 Å². The topological polar surface area (TPSA) is 65.5 Å². The number of ether oxygens (including phenoxy) is 2. The summed E-state index contributed by atoms with van der Waals surface area (Å²) >= 11 is 0. The zero-order chi connectivity index (χ0) is 24.2. The van der Waals surface area contributed by atoms with Gasteiger partial charge in [0.05, 0.1) is 17.7 Å². The van der Waals surface area contributed by atoms with Crippen molar-refractivity contribution < 1.29 is 19.1 Å². The maximum atomic E-state index is 13.4. The molecule has 4 aromatic rings. The Kier molecular flexibility index (Phi) is 6.57. The fourth-order valence-corrected chi connectivity index (χ4v) is 4.82. The molecule has 0 N–H and O–H groups in total. The standard InChI is InChI=1S/C30H27NO4/c1-2-34-23-15-12-21(13-16-23)28(32)19-35-30(33)29-24-10-6-7-11-26(24)31-27-17-14-22(18-25(27)29)20-8-4-3-5-9-20/h3-13,15-16,22H,2,14,17-19H2,1H3/t22-/m0/s1. The lowest BCUT2D eigenvalue weighted by molar-refractivity contribution is 0.0475. The van der Waals surface area contributed by atoms with Crippen molar-refractivity contribution in [1.82, 2.24) is 4.98 Å². The highest BCUT2D eigenvalue weighted by atomic mass is 16.5. The maximum absolute atomic E-state index is 13.4. The van der Waals surface area contributed by atoms with E-state index in [4.69, 9.17) is 14.5 Å². The van der Waals surface area contributed by atoms with E-state index in [0.717, 1.165) is 35.0 Å². The van der Waals surface area contributed by atoms with Gasteiger partial charge in [0.2, 0.25) is 0 Å². The summed E-state index contributed by atoms with van der Waals surface area (Å²) in [5.41, 5.74) is 4.92. The van der Waals surface area contributed by atoms with Crippen molar-refractivity contribution in [3.8, 4) is 5.75 Å². The molecule has 3 aromatic carbocycles. The number of nitrogens with zero attached hydrogens (tertiary/aromatic N) is 1. The van der Waals surface area contributed by atoms with E-state index in [1.165, 1.54) is 5.56 Å². The van der Waals surface area contributed by atoms with E-state index < -0.39 is 5.97 Å². The third kappa shape index (κ3) is 4.80. The van der Waals surface area contributed by atoms with Crippen LogP contribution in [0.15, 0.2) is 78.9 Å². The highest BCUT2D eigenvalue weighted by Crippen LogP contribution is 2.36. The third-order valence-corrected chi connectivity index (χ3v) is 6.56. The number of aromatic nitrogens is 1. The second-order valence-electron chi connectivity index (χ2n) is 8.74. The Morgan fingerprint density at radius 3 is 2.46 bits per heavy atom. The van der Waals surface area contributed by atoms with Crippen LogP contribution >= 0.6 is 0 Å². The number of fused-ring (bicyclic) bond motifs is 2. The smallest absolute Gasteiger partial charge is 0.339 e. The van der Waals surface area contributed by atoms with Crippen LogP contribution in [0.2, 0.25) is 0 Å². The maximum Gasteiger partial charge on any atom is 0.339 e. The number of para-hydroxylation sites is 1. The molecule has 0 aliphatic heterocycles. The number of rotatable bonds is 7. The van der Waals surface area contributed by atoms with Crippen molar-refractivity contribution in [2.75, 3.05) is 13.2 Å². The van der Waals surface area contributed by atoms with Crippen LogP contribution in [-0.2, 0) is 17.6 Å². The van der Waals surface area contributed by atoms with Crippen molar-refractivity contribution >= 4 is 22.7 Å². The van der Waals surface area contributed by atoms with E-state index in [0.29, 0.717) is 35.8 Å². The highest BCUT2D eigenvalue weighted by Gasteiger charge is 2.28. The second-order valence-corrected chi connectivity index (χ2v) is 8.74. The molecule has 5 rings (SSSR count). The highest BCUT2D eigenvalue weighted by molar-refractivity contribution is 6.06. The van der Waals surface area contributed by atoms with Crippen molar-refractivity contribution in [2.45, 2.75) is 32.1 Å². The summed E-state index contributed by atoms with van der Waals surface area (Å²) in [7, 11) is 0. The molecule has 176 valence electrons. The number of hydrogen-bond acceptors (Lipinski definition) is 5. The molecule has 1 aliphatic carbocycles. The van der Waals surface area contributed by atoms with Gasteiger partial charge in [0.25, 0.3) is 0 Å². The fourth-order valence-electron chi connectivity index (χ4n) is 4.82. The van der Waals surface area contributed by atoms with Gasteiger partial charge in [-0.2, -0.15) is 0 Å². The summed E-state index contributed by atoms with van der Waals surface area (Å²) in [5.74, 6) is 0.274. The summed E-state index contributed by atoms with van der Waals surface area (Å²) in [5, 5.41) is 0.762. The molecular formula is C30H27NO4. The molecular weight excluding hydrogens is 438 g/mol. The number of aryl methyl sites for hydroxylation is 1. The van der Waals surface area contributed by atoms with Crippen molar-refractivity contribution in [3.63, 3.8) is 0 Å². The van der Waals surface area contributed by atoms with Gasteiger partial charge in [-0.25, -0.2) is 4.79 Å². The molecule has 0 spiro atoms. The summed E-state index contributed by atoms with van der Waals surface area (Å²) in [6, 6.07) is 24.9. The van der Waals surface area contributed by atoms with Crippen molar-refractivity contribution in [1.29, 1.82) is 0 Å². The molecule has 0 amide bonds. The Bertz CT molecular complexity index is 1360. The van der Waals surface area contributed by atoms with Crippen LogP contribution < -0.4 is 4.74 Å². The van der Waals surface area contributed by atoms with E-state index in [1.807, 2.05) is 49.4 Å². The molecule has 1 atom stereocenters. The van der Waals surface area contributed by atoms with Crippen molar-refractivity contribution in [2.24, 2.45) is 0 Å². The molecule has 1 heterocycles.